The molecule has 1 aromatic rings. The Bertz CT molecular complexity index is 684. The summed E-state index contributed by atoms with van der Waals surface area (Å²) in [6.45, 7) is 3.85. The van der Waals surface area contributed by atoms with Crippen molar-refractivity contribution in [1.82, 2.24) is 0 Å². The van der Waals surface area contributed by atoms with Gasteiger partial charge in [0.15, 0.2) is 5.76 Å². The molecule has 1 aliphatic heterocycles. The highest BCUT2D eigenvalue weighted by molar-refractivity contribution is 6.32. The molecule has 102 valence electrons. The zero-order chi connectivity index (χ0) is 14.5. The van der Waals surface area contributed by atoms with Gasteiger partial charge in [-0.05, 0) is 18.2 Å². The zero-order valence-corrected chi connectivity index (χ0v) is 12.0. The fourth-order valence-corrected chi connectivity index (χ4v) is 3.13. The third-order valence-electron chi connectivity index (χ3n) is 3.57. The van der Waals surface area contributed by atoms with E-state index in [-0.39, 0.29) is 5.76 Å². The van der Waals surface area contributed by atoms with Gasteiger partial charge in [0.05, 0.1) is 5.70 Å². The predicted octanol–water partition coefficient (Wildman–Crippen LogP) is 3.89. The molecule has 3 nitrogen and oxygen atoms in total. The molecule has 0 fully saturated rings. The average molecular weight is 288 g/mol. The molecule has 1 aromatic carbocycles. The number of anilines is 1. The first-order chi connectivity index (χ1) is 9.42. The van der Waals surface area contributed by atoms with Crippen LogP contribution in [-0.4, -0.2) is 11.0 Å². The molecule has 1 heterocycles. The molecule has 0 radical (unpaired) electrons. The minimum absolute atomic E-state index is 0.203. The number of rotatable bonds is 1. The highest BCUT2D eigenvalue weighted by Crippen LogP contribution is 2.47. The Balaban J connectivity index is 2.19. The molecule has 0 spiro atoms. The maximum absolute atomic E-state index is 12.4. The van der Waals surface area contributed by atoms with Gasteiger partial charge in [-0.2, -0.15) is 0 Å². The Labute approximate surface area is 122 Å². The summed E-state index contributed by atoms with van der Waals surface area (Å²) < 4.78 is 0. The first-order valence-corrected chi connectivity index (χ1v) is 6.73. The van der Waals surface area contributed by atoms with Crippen molar-refractivity contribution in [2.24, 2.45) is 5.41 Å². The number of carbonyl (C=O) groups excluding carboxylic acids is 1. The van der Waals surface area contributed by atoms with Crippen molar-refractivity contribution < 1.29 is 9.90 Å². The fourth-order valence-electron chi connectivity index (χ4n) is 2.75. The number of carbonyl (C=O) groups is 1. The van der Waals surface area contributed by atoms with Crippen LogP contribution in [0.5, 0.6) is 0 Å². The predicted molar refractivity (Wildman–Crippen MR) is 79.4 cm³/mol. The molecule has 0 aromatic heterocycles. The second kappa shape index (κ2) is 4.25. The molecule has 0 bridgehead atoms. The third-order valence-corrected chi connectivity index (χ3v) is 3.79. The van der Waals surface area contributed by atoms with Crippen LogP contribution in [0.2, 0.25) is 0 Å². The summed E-state index contributed by atoms with van der Waals surface area (Å²) in [5, 5.41) is 10.8. The molecule has 2 aliphatic rings. The highest BCUT2D eigenvalue weighted by Gasteiger charge is 2.43. The lowest BCUT2D eigenvalue weighted by molar-refractivity contribution is -0.116. The van der Waals surface area contributed by atoms with Crippen molar-refractivity contribution >= 4 is 23.2 Å². The molecule has 3 rings (SSSR count). The van der Waals surface area contributed by atoms with E-state index in [1.165, 1.54) is 4.90 Å². The Morgan fingerprint density at radius 3 is 2.50 bits per heavy atom. The van der Waals surface area contributed by atoms with Crippen LogP contribution >= 0.6 is 11.6 Å². The van der Waals surface area contributed by atoms with Crippen molar-refractivity contribution in [1.29, 1.82) is 0 Å². The summed E-state index contributed by atoms with van der Waals surface area (Å²) in [6.07, 6.45) is 3.56. The lowest BCUT2D eigenvalue weighted by Crippen LogP contribution is -2.27. The van der Waals surface area contributed by atoms with Crippen molar-refractivity contribution in [2.45, 2.75) is 13.8 Å². The van der Waals surface area contributed by atoms with Gasteiger partial charge in [-0.25, -0.2) is 0 Å². The number of hydrogen-bond acceptors (Lipinski definition) is 2. The molecule has 0 atom stereocenters. The monoisotopic (exact) mass is 287 g/mol. The van der Waals surface area contributed by atoms with E-state index in [9.17, 15) is 9.90 Å². The molecule has 1 N–H and O–H groups in total. The van der Waals surface area contributed by atoms with Crippen molar-refractivity contribution in [3.63, 3.8) is 0 Å². The summed E-state index contributed by atoms with van der Waals surface area (Å²) in [4.78, 5) is 13.9. The molecule has 1 aliphatic carbocycles. The fraction of sp³-hybridized carbons (Fsp3) is 0.188. The van der Waals surface area contributed by atoms with E-state index in [0.29, 0.717) is 22.0 Å². The number of aliphatic hydroxyl groups excluding tert-OH is 1. The summed E-state index contributed by atoms with van der Waals surface area (Å²) in [7, 11) is 0. The van der Waals surface area contributed by atoms with Crippen LogP contribution in [0.1, 0.15) is 13.8 Å². The Hall–Kier alpha value is -2.00. The number of amides is 1. The van der Waals surface area contributed by atoms with Crippen LogP contribution in [0.15, 0.2) is 64.5 Å². The number of halogens is 1. The van der Waals surface area contributed by atoms with Gasteiger partial charge in [-0.1, -0.05) is 49.7 Å². The van der Waals surface area contributed by atoms with Gasteiger partial charge in [0.25, 0.3) is 5.91 Å². The average Bonchev–Trinajstić information content (AvgIpc) is 2.62. The van der Waals surface area contributed by atoms with Gasteiger partial charge in [-0.15, -0.1) is 0 Å². The van der Waals surface area contributed by atoms with Crippen LogP contribution in [0.4, 0.5) is 5.69 Å². The molecule has 20 heavy (non-hydrogen) atoms. The maximum atomic E-state index is 12.4. The lowest BCUT2D eigenvalue weighted by Gasteiger charge is -2.29. The second-order valence-electron chi connectivity index (χ2n) is 5.48. The van der Waals surface area contributed by atoms with Crippen molar-refractivity contribution in [3.8, 4) is 0 Å². The van der Waals surface area contributed by atoms with Crippen LogP contribution in [0.3, 0.4) is 0 Å². The number of benzene rings is 1. The van der Waals surface area contributed by atoms with Gasteiger partial charge in [-0.3, -0.25) is 9.69 Å². The summed E-state index contributed by atoms with van der Waals surface area (Å²) >= 11 is 6.16. The third kappa shape index (κ3) is 1.78. The summed E-state index contributed by atoms with van der Waals surface area (Å²) in [6, 6.07) is 9.24. The first-order valence-electron chi connectivity index (χ1n) is 6.35. The standard InChI is InChI=1S/C16H14ClNO2/c1-16(2)9-10(17)8-12-13(16)14(19)15(20)18(12)11-6-4-3-5-7-11/h3-9,19H,1-2H3. The van der Waals surface area contributed by atoms with E-state index in [0.717, 1.165) is 0 Å². The number of para-hydroxylation sites is 1. The maximum Gasteiger partial charge on any atom is 0.298 e. The Morgan fingerprint density at radius 1 is 1.20 bits per heavy atom. The lowest BCUT2D eigenvalue weighted by atomic mass is 9.79. The van der Waals surface area contributed by atoms with Gasteiger partial charge < -0.3 is 5.11 Å². The number of allylic oxidation sites excluding steroid dienone is 4. The molecular weight excluding hydrogens is 274 g/mol. The largest absolute Gasteiger partial charge is 0.503 e. The van der Waals surface area contributed by atoms with Gasteiger partial charge in [0.1, 0.15) is 0 Å². The minimum Gasteiger partial charge on any atom is -0.503 e. The van der Waals surface area contributed by atoms with Gasteiger partial charge in [0.2, 0.25) is 0 Å². The Morgan fingerprint density at radius 2 is 1.85 bits per heavy atom. The molecular formula is C16H14ClNO2. The normalized spacial score (nSPS) is 20.8. The topological polar surface area (TPSA) is 40.5 Å². The molecule has 4 heteroatoms. The summed E-state index contributed by atoms with van der Waals surface area (Å²) in [5.41, 5.74) is 1.50. The number of hydrogen-bond donors (Lipinski definition) is 1. The SMILES string of the molecule is CC1(C)C=C(Cl)C=C2C1=C(O)C(=O)N2c1ccccc1. The first kappa shape index (κ1) is 13.0. The highest BCUT2D eigenvalue weighted by atomic mass is 35.5. The minimum atomic E-state index is -0.482. The second-order valence-corrected chi connectivity index (χ2v) is 5.92. The molecule has 1 amide bonds. The number of aliphatic hydroxyl groups is 1. The molecule has 0 saturated heterocycles. The summed E-state index contributed by atoms with van der Waals surface area (Å²) in [5.74, 6) is -0.615. The van der Waals surface area contributed by atoms with Crippen molar-refractivity contribution in [3.05, 3.63) is 64.5 Å². The molecule has 0 saturated carbocycles. The van der Waals surface area contributed by atoms with Crippen LogP contribution in [0, 0.1) is 5.41 Å². The van der Waals surface area contributed by atoms with Crippen LogP contribution < -0.4 is 4.90 Å². The van der Waals surface area contributed by atoms with Crippen LogP contribution in [0.25, 0.3) is 0 Å². The van der Waals surface area contributed by atoms with Crippen molar-refractivity contribution in [2.75, 3.05) is 4.90 Å². The van der Waals surface area contributed by atoms with Crippen LogP contribution in [-0.2, 0) is 4.79 Å². The quantitative estimate of drug-likeness (QED) is 0.851. The zero-order valence-electron chi connectivity index (χ0n) is 11.2. The number of fused-ring (bicyclic) bond motifs is 1. The van der Waals surface area contributed by atoms with Gasteiger partial charge in [0, 0.05) is 21.7 Å². The van der Waals surface area contributed by atoms with Gasteiger partial charge >= 0.3 is 0 Å². The smallest absolute Gasteiger partial charge is 0.298 e. The Kier molecular flexibility index (Phi) is 2.76. The van der Waals surface area contributed by atoms with E-state index in [2.05, 4.69) is 0 Å². The number of nitrogens with zero attached hydrogens (tertiary/aromatic N) is 1. The van der Waals surface area contributed by atoms with E-state index in [1.807, 2.05) is 50.3 Å². The van der Waals surface area contributed by atoms with E-state index in [4.69, 9.17) is 11.6 Å². The molecule has 0 unspecified atom stereocenters. The van der Waals surface area contributed by atoms with E-state index in [1.54, 1.807) is 6.08 Å². The van der Waals surface area contributed by atoms with E-state index < -0.39 is 11.3 Å². The van der Waals surface area contributed by atoms with E-state index >= 15 is 0 Å².